The highest BCUT2D eigenvalue weighted by molar-refractivity contribution is 6.39. The Kier molecular flexibility index (Phi) is 4.96. The van der Waals surface area contributed by atoms with Crippen LogP contribution in [0.3, 0.4) is 0 Å². The van der Waals surface area contributed by atoms with Crippen LogP contribution in [0.5, 0.6) is 0 Å². The number of carbonyl (C=O) groups excluding carboxylic acids is 3. The summed E-state index contributed by atoms with van der Waals surface area (Å²) in [4.78, 5) is 38.1. The summed E-state index contributed by atoms with van der Waals surface area (Å²) in [5.74, 6) is -0.759. The molecule has 6 nitrogen and oxygen atoms in total. The van der Waals surface area contributed by atoms with Gasteiger partial charge in [-0.2, -0.15) is 0 Å². The van der Waals surface area contributed by atoms with Gasteiger partial charge in [0.1, 0.15) is 17.1 Å². The maximum Gasteiger partial charge on any atom is 0.335 e. The van der Waals surface area contributed by atoms with Gasteiger partial charge in [0.05, 0.1) is 5.69 Å². The van der Waals surface area contributed by atoms with Crippen molar-refractivity contribution in [1.29, 1.82) is 0 Å². The summed E-state index contributed by atoms with van der Waals surface area (Å²) in [6.45, 7) is 0. The number of barbiturate groups is 1. The van der Waals surface area contributed by atoms with Gasteiger partial charge in [0.15, 0.2) is 0 Å². The number of nitrogens with zero attached hydrogens (tertiary/aromatic N) is 1. The Balaban J connectivity index is 1.67. The summed E-state index contributed by atoms with van der Waals surface area (Å²) in [6, 6.07) is 15.7. The predicted octanol–water partition coefficient (Wildman–Crippen LogP) is 4.92. The van der Waals surface area contributed by atoms with E-state index in [0.717, 1.165) is 10.5 Å². The van der Waals surface area contributed by atoms with Gasteiger partial charge in [-0.1, -0.05) is 35.3 Å². The van der Waals surface area contributed by atoms with Gasteiger partial charge in [-0.15, -0.1) is 0 Å². The van der Waals surface area contributed by atoms with Gasteiger partial charge in [0, 0.05) is 15.6 Å². The van der Waals surface area contributed by atoms with Crippen LogP contribution in [0.2, 0.25) is 10.0 Å². The normalized spacial score (nSPS) is 15.7. The lowest BCUT2D eigenvalue weighted by Gasteiger charge is -2.26. The average Bonchev–Trinajstić information content (AvgIpc) is 3.15. The fraction of sp³-hybridized carbons (Fsp3) is 0. The Morgan fingerprint density at radius 2 is 1.66 bits per heavy atom. The highest BCUT2D eigenvalue weighted by Gasteiger charge is 2.37. The zero-order valence-corrected chi connectivity index (χ0v) is 16.2. The average molecular weight is 427 g/mol. The first-order chi connectivity index (χ1) is 13.9. The molecular weight excluding hydrogens is 415 g/mol. The number of rotatable bonds is 3. The predicted molar refractivity (Wildman–Crippen MR) is 110 cm³/mol. The molecule has 8 heteroatoms. The number of hydrogen-bond donors (Lipinski definition) is 1. The second-order valence-electron chi connectivity index (χ2n) is 6.15. The molecule has 1 fully saturated rings. The molecule has 144 valence electrons. The summed E-state index contributed by atoms with van der Waals surface area (Å²) in [6.07, 6.45) is 1.29. The number of benzene rings is 2. The van der Waals surface area contributed by atoms with Gasteiger partial charge >= 0.3 is 6.03 Å². The van der Waals surface area contributed by atoms with Crippen LogP contribution < -0.4 is 10.2 Å². The van der Waals surface area contributed by atoms with Gasteiger partial charge < -0.3 is 4.42 Å². The fourth-order valence-electron chi connectivity index (χ4n) is 2.85. The van der Waals surface area contributed by atoms with Gasteiger partial charge in [-0.05, 0) is 54.6 Å². The number of amides is 4. The van der Waals surface area contributed by atoms with Crippen molar-refractivity contribution in [2.45, 2.75) is 0 Å². The molecular formula is C21H12Cl2N2O4. The topological polar surface area (TPSA) is 79.6 Å². The van der Waals surface area contributed by atoms with Crippen LogP contribution in [-0.2, 0) is 9.59 Å². The summed E-state index contributed by atoms with van der Waals surface area (Å²) in [5, 5.41) is 3.16. The van der Waals surface area contributed by atoms with Crippen LogP contribution in [0.25, 0.3) is 17.4 Å². The molecule has 0 saturated carbocycles. The molecule has 1 aliphatic rings. The van der Waals surface area contributed by atoms with E-state index in [1.165, 1.54) is 18.2 Å². The van der Waals surface area contributed by atoms with E-state index in [1.54, 1.807) is 42.5 Å². The second kappa shape index (κ2) is 7.58. The Morgan fingerprint density at radius 1 is 0.897 bits per heavy atom. The maximum atomic E-state index is 12.8. The van der Waals surface area contributed by atoms with E-state index in [0.29, 0.717) is 15.8 Å². The maximum absolute atomic E-state index is 12.8. The molecule has 0 unspecified atom stereocenters. The first kappa shape index (κ1) is 19.0. The van der Waals surface area contributed by atoms with Crippen LogP contribution in [0.1, 0.15) is 5.76 Å². The molecule has 1 aliphatic heterocycles. The third kappa shape index (κ3) is 3.81. The molecule has 4 amide bonds. The second-order valence-corrected chi connectivity index (χ2v) is 7.02. The van der Waals surface area contributed by atoms with Crippen LogP contribution in [0, 0.1) is 0 Å². The van der Waals surface area contributed by atoms with Crippen LogP contribution >= 0.6 is 23.2 Å². The number of furan rings is 1. The summed E-state index contributed by atoms with van der Waals surface area (Å²) < 4.78 is 5.72. The molecule has 0 bridgehead atoms. The zero-order valence-electron chi connectivity index (χ0n) is 14.7. The molecule has 3 aromatic rings. The van der Waals surface area contributed by atoms with Gasteiger partial charge in [0.2, 0.25) is 0 Å². The number of carbonyl (C=O) groups is 3. The highest BCUT2D eigenvalue weighted by Crippen LogP contribution is 2.27. The van der Waals surface area contributed by atoms with E-state index < -0.39 is 17.8 Å². The lowest BCUT2D eigenvalue weighted by molar-refractivity contribution is -0.122. The number of halogens is 2. The van der Waals surface area contributed by atoms with E-state index in [1.807, 2.05) is 6.07 Å². The smallest absolute Gasteiger partial charge is 0.335 e. The summed E-state index contributed by atoms with van der Waals surface area (Å²) in [5.41, 5.74) is 0.806. The molecule has 0 atom stereocenters. The Bertz CT molecular complexity index is 1170. The molecule has 1 aromatic heterocycles. The highest BCUT2D eigenvalue weighted by atomic mass is 35.5. The summed E-state index contributed by atoms with van der Waals surface area (Å²) in [7, 11) is 0. The minimum Gasteiger partial charge on any atom is -0.457 e. The van der Waals surface area contributed by atoms with E-state index in [4.69, 9.17) is 27.6 Å². The molecule has 1 saturated heterocycles. The van der Waals surface area contributed by atoms with Crippen molar-refractivity contribution >= 4 is 52.8 Å². The van der Waals surface area contributed by atoms with E-state index >= 15 is 0 Å². The van der Waals surface area contributed by atoms with Crippen molar-refractivity contribution in [1.82, 2.24) is 5.32 Å². The van der Waals surface area contributed by atoms with E-state index in [-0.39, 0.29) is 17.0 Å². The van der Waals surface area contributed by atoms with Crippen molar-refractivity contribution in [3.8, 4) is 11.3 Å². The number of nitrogens with one attached hydrogen (secondary N) is 1. The minimum absolute atomic E-state index is 0.230. The fourth-order valence-corrected chi connectivity index (χ4v) is 3.17. The quantitative estimate of drug-likeness (QED) is 0.476. The van der Waals surface area contributed by atoms with E-state index in [2.05, 4.69) is 5.32 Å². The van der Waals surface area contributed by atoms with Crippen LogP contribution in [0.4, 0.5) is 10.5 Å². The van der Waals surface area contributed by atoms with Crippen molar-refractivity contribution in [2.75, 3.05) is 4.90 Å². The Labute approximate surface area is 175 Å². The number of anilines is 1. The molecule has 4 rings (SSSR count). The Hall–Kier alpha value is -3.35. The minimum atomic E-state index is -0.835. The van der Waals surface area contributed by atoms with Crippen molar-refractivity contribution in [2.24, 2.45) is 0 Å². The number of urea groups is 1. The number of imide groups is 2. The van der Waals surface area contributed by atoms with Crippen molar-refractivity contribution in [3.05, 3.63) is 82.0 Å². The standard InChI is InChI=1S/C21H12Cl2N2O4/c22-13-4-6-15(7-5-13)25-20(27)17(19(26)24-21(25)28)11-16-8-9-18(29-16)12-2-1-3-14(23)10-12/h1-11H,(H,24,26,28)/b17-11+. The lowest BCUT2D eigenvalue weighted by Crippen LogP contribution is -2.54. The molecule has 29 heavy (non-hydrogen) atoms. The molecule has 2 aromatic carbocycles. The van der Waals surface area contributed by atoms with Crippen molar-refractivity contribution in [3.63, 3.8) is 0 Å². The van der Waals surface area contributed by atoms with Gasteiger partial charge in [-0.3, -0.25) is 14.9 Å². The van der Waals surface area contributed by atoms with Crippen molar-refractivity contribution < 1.29 is 18.8 Å². The summed E-state index contributed by atoms with van der Waals surface area (Å²) >= 11 is 11.9. The van der Waals surface area contributed by atoms with Crippen LogP contribution in [-0.4, -0.2) is 17.8 Å². The molecule has 0 spiro atoms. The van der Waals surface area contributed by atoms with Gasteiger partial charge in [-0.25, -0.2) is 9.69 Å². The lowest BCUT2D eigenvalue weighted by atomic mass is 10.1. The molecule has 1 N–H and O–H groups in total. The third-order valence-electron chi connectivity index (χ3n) is 4.21. The first-order valence-corrected chi connectivity index (χ1v) is 9.21. The van der Waals surface area contributed by atoms with E-state index in [9.17, 15) is 14.4 Å². The molecule has 0 aliphatic carbocycles. The molecule has 2 heterocycles. The van der Waals surface area contributed by atoms with Crippen LogP contribution in [0.15, 0.2) is 70.7 Å². The Morgan fingerprint density at radius 3 is 2.38 bits per heavy atom. The largest absolute Gasteiger partial charge is 0.457 e. The zero-order chi connectivity index (χ0) is 20.5. The SMILES string of the molecule is O=C1NC(=O)N(c2ccc(Cl)cc2)C(=O)/C1=C/c1ccc(-c2cccc(Cl)c2)o1. The number of hydrogen-bond acceptors (Lipinski definition) is 4. The first-order valence-electron chi connectivity index (χ1n) is 8.45. The van der Waals surface area contributed by atoms with Gasteiger partial charge in [0.25, 0.3) is 11.8 Å². The molecule has 0 radical (unpaired) electrons. The third-order valence-corrected chi connectivity index (χ3v) is 4.70. The monoisotopic (exact) mass is 426 g/mol.